The lowest BCUT2D eigenvalue weighted by molar-refractivity contribution is -0.128. The van der Waals surface area contributed by atoms with Crippen LogP contribution in [0.2, 0.25) is 0 Å². The van der Waals surface area contributed by atoms with Crippen molar-refractivity contribution in [1.82, 2.24) is 14.9 Å². The molecular weight excluding hydrogens is 400 g/mol. The molecule has 0 bridgehead atoms. The number of rotatable bonds is 4. The van der Waals surface area contributed by atoms with Crippen LogP contribution in [-0.2, 0) is 4.79 Å². The molecular formula is C21H22N6O4. The number of aromatic nitrogens is 2. The summed E-state index contributed by atoms with van der Waals surface area (Å²) >= 11 is 0. The minimum absolute atomic E-state index is 0.0394. The number of nitriles is 1. The zero-order valence-electron chi connectivity index (χ0n) is 16.9. The van der Waals surface area contributed by atoms with Crippen molar-refractivity contribution in [3.8, 4) is 6.07 Å². The van der Waals surface area contributed by atoms with Crippen LogP contribution < -0.4 is 10.2 Å². The molecule has 0 unspecified atom stereocenters. The Morgan fingerprint density at radius 3 is 2.74 bits per heavy atom. The molecule has 10 heteroatoms. The number of pyridine rings is 2. The van der Waals surface area contributed by atoms with Crippen LogP contribution in [-0.4, -0.2) is 68.2 Å². The Kier molecular flexibility index (Phi) is 5.31. The summed E-state index contributed by atoms with van der Waals surface area (Å²) in [5.41, 5.74) is -0.290. The number of anilines is 3. The van der Waals surface area contributed by atoms with Crippen molar-refractivity contribution in [3.63, 3.8) is 0 Å². The van der Waals surface area contributed by atoms with E-state index in [0.717, 1.165) is 5.56 Å². The van der Waals surface area contributed by atoms with Gasteiger partial charge in [0.2, 0.25) is 5.60 Å². The van der Waals surface area contributed by atoms with E-state index in [0.29, 0.717) is 42.4 Å². The SMILES string of the molecule is Cc1cc(Nc2cc(N3CC[C@](O)(C#N)C3=O)ccn2)ncc1C(=O)N1CC[C@H](O)C1. The molecule has 2 saturated heterocycles. The topological polar surface area (TPSA) is 143 Å². The van der Waals surface area contributed by atoms with E-state index in [1.807, 2.05) is 6.92 Å². The molecule has 0 aromatic carbocycles. The van der Waals surface area contributed by atoms with Gasteiger partial charge < -0.3 is 25.3 Å². The maximum Gasteiger partial charge on any atom is 0.273 e. The summed E-state index contributed by atoms with van der Waals surface area (Å²) in [4.78, 5) is 36.5. The number of nitrogens with one attached hydrogen (secondary N) is 1. The molecule has 160 valence electrons. The van der Waals surface area contributed by atoms with E-state index in [1.54, 1.807) is 29.2 Å². The summed E-state index contributed by atoms with van der Waals surface area (Å²) in [7, 11) is 0. The van der Waals surface area contributed by atoms with Gasteiger partial charge in [-0.05, 0) is 31.0 Å². The molecule has 2 amide bonds. The van der Waals surface area contributed by atoms with Crippen molar-refractivity contribution in [3.05, 3.63) is 41.7 Å². The van der Waals surface area contributed by atoms with E-state index in [1.165, 1.54) is 17.3 Å². The van der Waals surface area contributed by atoms with Crippen molar-refractivity contribution < 1.29 is 19.8 Å². The molecule has 0 aliphatic carbocycles. The normalized spacial score (nSPS) is 23.2. The molecule has 2 fully saturated rings. The Hall–Kier alpha value is -3.55. The Morgan fingerprint density at radius 2 is 2.10 bits per heavy atom. The largest absolute Gasteiger partial charge is 0.391 e. The van der Waals surface area contributed by atoms with Gasteiger partial charge in [-0.3, -0.25) is 9.59 Å². The van der Waals surface area contributed by atoms with Gasteiger partial charge in [0.25, 0.3) is 11.8 Å². The first-order valence-corrected chi connectivity index (χ1v) is 9.93. The number of β-amino-alcohol motifs (C(OH)–C–C–N with tert-alkyl or cyclic N) is 1. The van der Waals surface area contributed by atoms with Gasteiger partial charge >= 0.3 is 0 Å². The summed E-state index contributed by atoms with van der Waals surface area (Å²) < 4.78 is 0. The number of likely N-dealkylation sites (tertiary alicyclic amines) is 1. The maximum absolute atomic E-state index is 12.6. The van der Waals surface area contributed by atoms with Gasteiger partial charge in [-0.25, -0.2) is 9.97 Å². The van der Waals surface area contributed by atoms with E-state index < -0.39 is 17.6 Å². The fourth-order valence-electron chi connectivity index (χ4n) is 3.79. The fraction of sp³-hybridized carbons (Fsp3) is 0.381. The minimum atomic E-state index is -2.00. The third kappa shape index (κ3) is 3.93. The number of nitrogens with zero attached hydrogens (tertiary/aromatic N) is 5. The monoisotopic (exact) mass is 422 g/mol. The van der Waals surface area contributed by atoms with Crippen molar-refractivity contribution >= 4 is 29.1 Å². The zero-order chi connectivity index (χ0) is 22.2. The Bertz CT molecular complexity index is 1080. The molecule has 2 aromatic heterocycles. The summed E-state index contributed by atoms with van der Waals surface area (Å²) in [6, 6.07) is 6.64. The number of amides is 2. The Balaban J connectivity index is 1.50. The van der Waals surface area contributed by atoms with Crippen LogP contribution in [0, 0.1) is 18.3 Å². The first-order chi connectivity index (χ1) is 14.8. The first kappa shape index (κ1) is 20.7. The second-order valence-electron chi connectivity index (χ2n) is 7.78. The second kappa shape index (κ2) is 7.94. The van der Waals surface area contributed by atoms with Crippen LogP contribution in [0.3, 0.4) is 0 Å². The van der Waals surface area contributed by atoms with Gasteiger partial charge in [0, 0.05) is 50.2 Å². The summed E-state index contributed by atoms with van der Waals surface area (Å²) in [5, 5.41) is 31.8. The van der Waals surface area contributed by atoms with Crippen LogP contribution in [0.25, 0.3) is 0 Å². The fourth-order valence-corrected chi connectivity index (χ4v) is 3.79. The number of hydrogen-bond donors (Lipinski definition) is 3. The Labute approximate surface area is 178 Å². The lowest BCUT2D eigenvalue weighted by Gasteiger charge is -2.18. The third-order valence-electron chi connectivity index (χ3n) is 5.58. The molecule has 2 aliphatic heterocycles. The second-order valence-corrected chi connectivity index (χ2v) is 7.78. The van der Waals surface area contributed by atoms with Crippen LogP contribution in [0.1, 0.15) is 28.8 Å². The number of carbonyl (C=O) groups is 2. The maximum atomic E-state index is 12.6. The molecule has 0 saturated carbocycles. The summed E-state index contributed by atoms with van der Waals surface area (Å²) in [6.45, 7) is 2.88. The van der Waals surface area contributed by atoms with Gasteiger partial charge in [0.05, 0.1) is 11.7 Å². The molecule has 2 atom stereocenters. The highest BCUT2D eigenvalue weighted by atomic mass is 16.3. The van der Waals surface area contributed by atoms with E-state index >= 15 is 0 Å². The number of aryl methyl sites for hydroxylation is 1. The highest BCUT2D eigenvalue weighted by molar-refractivity contribution is 6.03. The van der Waals surface area contributed by atoms with Crippen molar-refractivity contribution in [2.75, 3.05) is 29.9 Å². The van der Waals surface area contributed by atoms with Gasteiger partial charge in [-0.2, -0.15) is 5.26 Å². The minimum Gasteiger partial charge on any atom is -0.391 e. The van der Waals surface area contributed by atoms with Crippen LogP contribution >= 0.6 is 0 Å². The van der Waals surface area contributed by atoms with Gasteiger partial charge in [0.1, 0.15) is 17.7 Å². The number of carbonyl (C=O) groups excluding carboxylic acids is 2. The predicted molar refractivity (Wildman–Crippen MR) is 111 cm³/mol. The van der Waals surface area contributed by atoms with Crippen molar-refractivity contribution in [1.29, 1.82) is 5.26 Å². The van der Waals surface area contributed by atoms with Gasteiger partial charge in [-0.15, -0.1) is 0 Å². The highest BCUT2D eigenvalue weighted by Gasteiger charge is 2.46. The van der Waals surface area contributed by atoms with E-state index in [2.05, 4.69) is 15.3 Å². The average molecular weight is 422 g/mol. The van der Waals surface area contributed by atoms with Crippen LogP contribution in [0.4, 0.5) is 17.3 Å². The van der Waals surface area contributed by atoms with Crippen molar-refractivity contribution in [2.24, 2.45) is 0 Å². The molecule has 31 heavy (non-hydrogen) atoms. The third-order valence-corrected chi connectivity index (χ3v) is 5.58. The molecule has 2 aromatic rings. The molecule has 10 nitrogen and oxygen atoms in total. The zero-order valence-corrected chi connectivity index (χ0v) is 16.9. The molecule has 2 aliphatic rings. The van der Waals surface area contributed by atoms with E-state index in [4.69, 9.17) is 5.26 Å². The molecule has 3 N–H and O–H groups in total. The van der Waals surface area contributed by atoms with E-state index in [9.17, 15) is 19.8 Å². The predicted octanol–water partition coefficient (Wildman–Crippen LogP) is 0.727. The lowest BCUT2D eigenvalue weighted by atomic mass is 10.1. The van der Waals surface area contributed by atoms with Gasteiger partial charge in [0.15, 0.2) is 0 Å². The molecule has 0 spiro atoms. The Morgan fingerprint density at radius 1 is 1.32 bits per heavy atom. The number of hydrogen-bond acceptors (Lipinski definition) is 8. The first-order valence-electron chi connectivity index (χ1n) is 9.93. The summed E-state index contributed by atoms with van der Waals surface area (Å²) in [6.07, 6.45) is 3.13. The van der Waals surface area contributed by atoms with E-state index in [-0.39, 0.29) is 18.9 Å². The standard InChI is InChI=1S/C21H22N6O4/c1-13-8-17(24-10-16(13)19(29)26-6-3-15(28)11-26)25-18-9-14(2-5-23-18)27-7-4-21(31,12-22)20(27)30/h2,5,8-10,15,28,31H,3-4,6-7,11H2,1H3,(H,23,24,25)/t15-,21-/m0/s1. The average Bonchev–Trinajstić information content (AvgIpc) is 3.32. The molecule has 4 heterocycles. The highest BCUT2D eigenvalue weighted by Crippen LogP contribution is 2.29. The smallest absolute Gasteiger partial charge is 0.273 e. The lowest BCUT2D eigenvalue weighted by Crippen LogP contribution is -2.38. The quantitative estimate of drug-likeness (QED) is 0.612. The van der Waals surface area contributed by atoms with Crippen LogP contribution in [0.15, 0.2) is 30.6 Å². The molecule has 4 rings (SSSR count). The van der Waals surface area contributed by atoms with Crippen molar-refractivity contribution in [2.45, 2.75) is 31.5 Å². The number of aliphatic hydroxyl groups excluding tert-OH is 1. The van der Waals surface area contributed by atoms with Crippen LogP contribution in [0.5, 0.6) is 0 Å². The number of aliphatic hydroxyl groups is 2. The molecule has 0 radical (unpaired) electrons. The summed E-state index contributed by atoms with van der Waals surface area (Å²) in [5.74, 6) is 0.0783. The van der Waals surface area contributed by atoms with Gasteiger partial charge in [-0.1, -0.05) is 0 Å².